The number of pyridine rings is 2. The highest BCUT2D eigenvalue weighted by atomic mass is 32.1. The lowest BCUT2D eigenvalue weighted by Gasteiger charge is -2.06. The van der Waals surface area contributed by atoms with Crippen LogP contribution in [0.25, 0.3) is 0 Å². The molecule has 2 aromatic heterocycles. The number of thiocarbonyl (C=S) groups is 1. The van der Waals surface area contributed by atoms with Crippen molar-refractivity contribution >= 4 is 22.9 Å². The lowest BCUT2D eigenvalue weighted by atomic mass is 10.00. The maximum absolute atomic E-state index is 12.3. The SMILES string of the molecule is O=C(CCc1cccnc1)c1ccc(C(=S)CCc2cccnc2)cc1. The average molecular weight is 360 g/mol. The number of ketones is 1. The average Bonchev–Trinajstić information content (AvgIpc) is 2.72. The molecule has 3 nitrogen and oxygen atoms in total. The van der Waals surface area contributed by atoms with Crippen LogP contribution in [0.15, 0.2) is 73.3 Å². The van der Waals surface area contributed by atoms with Crippen LogP contribution in [0.1, 0.15) is 39.9 Å². The first-order valence-electron chi connectivity index (χ1n) is 8.66. The summed E-state index contributed by atoms with van der Waals surface area (Å²) in [6.07, 6.45) is 10.0. The van der Waals surface area contributed by atoms with Gasteiger partial charge in [0.1, 0.15) is 0 Å². The van der Waals surface area contributed by atoms with Gasteiger partial charge >= 0.3 is 0 Å². The van der Waals surface area contributed by atoms with Crippen LogP contribution < -0.4 is 0 Å². The van der Waals surface area contributed by atoms with Crippen molar-refractivity contribution in [2.75, 3.05) is 0 Å². The molecule has 130 valence electrons. The highest BCUT2D eigenvalue weighted by Crippen LogP contribution is 2.13. The van der Waals surface area contributed by atoms with Crippen LogP contribution in [0.2, 0.25) is 0 Å². The van der Waals surface area contributed by atoms with E-state index in [1.807, 2.05) is 48.7 Å². The fraction of sp³-hybridized carbons (Fsp3) is 0.182. The monoisotopic (exact) mass is 360 g/mol. The van der Waals surface area contributed by atoms with Crippen molar-refractivity contribution in [3.63, 3.8) is 0 Å². The third kappa shape index (κ3) is 5.14. The molecule has 0 aliphatic carbocycles. The molecule has 2 heterocycles. The molecule has 4 heteroatoms. The molecule has 0 saturated carbocycles. The number of carbonyl (C=O) groups is 1. The molecule has 0 spiro atoms. The Hall–Kier alpha value is -2.72. The van der Waals surface area contributed by atoms with Crippen LogP contribution in [-0.2, 0) is 12.8 Å². The highest BCUT2D eigenvalue weighted by Gasteiger charge is 2.08. The minimum absolute atomic E-state index is 0.140. The van der Waals surface area contributed by atoms with E-state index in [2.05, 4.69) is 16.0 Å². The summed E-state index contributed by atoms with van der Waals surface area (Å²) in [5, 5.41) is 0. The number of rotatable bonds is 8. The summed E-state index contributed by atoms with van der Waals surface area (Å²) in [6, 6.07) is 15.5. The van der Waals surface area contributed by atoms with Crippen LogP contribution in [0.4, 0.5) is 0 Å². The van der Waals surface area contributed by atoms with E-state index in [4.69, 9.17) is 12.2 Å². The van der Waals surface area contributed by atoms with E-state index < -0.39 is 0 Å². The van der Waals surface area contributed by atoms with Gasteiger partial charge < -0.3 is 0 Å². The second-order valence-electron chi connectivity index (χ2n) is 6.15. The van der Waals surface area contributed by atoms with Crippen molar-refractivity contribution in [1.82, 2.24) is 9.97 Å². The fourth-order valence-electron chi connectivity index (χ4n) is 2.74. The molecular formula is C22H20N2OS. The van der Waals surface area contributed by atoms with Gasteiger partial charge in [0.25, 0.3) is 0 Å². The molecule has 0 N–H and O–H groups in total. The van der Waals surface area contributed by atoms with Crippen molar-refractivity contribution in [3.05, 3.63) is 95.6 Å². The molecule has 0 aliphatic rings. The van der Waals surface area contributed by atoms with Gasteiger partial charge in [-0.15, -0.1) is 0 Å². The van der Waals surface area contributed by atoms with Gasteiger partial charge in [-0.1, -0.05) is 48.6 Å². The van der Waals surface area contributed by atoms with Crippen molar-refractivity contribution in [2.45, 2.75) is 25.7 Å². The Morgan fingerprint density at radius 3 is 1.85 bits per heavy atom. The van der Waals surface area contributed by atoms with Gasteiger partial charge in [-0.2, -0.15) is 0 Å². The zero-order valence-electron chi connectivity index (χ0n) is 14.5. The fourth-order valence-corrected chi connectivity index (χ4v) is 2.98. The Labute approximate surface area is 159 Å². The van der Waals surface area contributed by atoms with E-state index in [1.165, 1.54) is 5.56 Å². The summed E-state index contributed by atoms with van der Waals surface area (Å²) in [4.78, 5) is 21.5. The molecule has 0 bridgehead atoms. The van der Waals surface area contributed by atoms with E-state index in [1.54, 1.807) is 18.6 Å². The molecule has 0 saturated heterocycles. The molecule has 0 radical (unpaired) electrons. The number of aromatic nitrogens is 2. The van der Waals surface area contributed by atoms with Crippen molar-refractivity contribution < 1.29 is 4.79 Å². The van der Waals surface area contributed by atoms with Crippen LogP contribution in [0.3, 0.4) is 0 Å². The summed E-state index contributed by atoms with van der Waals surface area (Å²) in [5.41, 5.74) is 3.99. The lowest BCUT2D eigenvalue weighted by Crippen LogP contribution is -2.04. The van der Waals surface area contributed by atoms with Gasteiger partial charge in [0.2, 0.25) is 0 Å². The molecule has 26 heavy (non-hydrogen) atoms. The number of aryl methyl sites for hydroxylation is 2. The minimum Gasteiger partial charge on any atom is -0.294 e. The van der Waals surface area contributed by atoms with Gasteiger partial charge in [-0.05, 0) is 48.1 Å². The molecule has 0 unspecified atom stereocenters. The Morgan fingerprint density at radius 2 is 1.31 bits per heavy atom. The topological polar surface area (TPSA) is 42.9 Å². The van der Waals surface area contributed by atoms with Crippen molar-refractivity contribution in [3.8, 4) is 0 Å². The van der Waals surface area contributed by atoms with Crippen LogP contribution >= 0.6 is 12.2 Å². The highest BCUT2D eigenvalue weighted by molar-refractivity contribution is 7.80. The summed E-state index contributed by atoms with van der Waals surface area (Å²) >= 11 is 5.53. The first-order valence-corrected chi connectivity index (χ1v) is 9.07. The number of carbonyl (C=O) groups excluding carboxylic acids is 1. The molecule has 0 aliphatic heterocycles. The van der Waals surface area contributed by atoms with Gasteiger partial charge in [-0.25, -0.2) is 0 Å². The van der Waals surface area contributed by atoms with E-state index in [0.717, 1.165) is 34.4 Å². The summed E-state index contributed by atoms with van der Waals surface area (Å²) < 4.78 is 0. The van der Waals surface area contributed by atoms with E-state index in [0.29, 0.717) is 12.8 Å². The Kier molecular flexibility index (Phi) is 6.34. The first-order chi connectivity index (χ1) is 12.7. The Bertz CT molecular complexity index is 787. The number of nitrogens with zero attached hydrogens (tertiary/aromatic N) is 2. The lowest BCUT2D eigenvalue weighted by molar-refractivity contribution is 0.0983. The third-order valence-electron chi connectivity index (χ3n) is 4.26. The summed E-state index contributed by atoms with van der Waals surface area (Å²) in [7, 11) is 0. The molecular weight excluding hydrogens is 340 g/mol. The van der Waals surface area contributed by atoms with Gasteiger partial charge in [0.15, 0.2) is 5.78 Å². The normalized spacial score (nSPS) is 10.5. The zero-order valence-corrected chi connectivity index (χ0v) is 15.3. The van der Waals surface area contributed by atoms with Gasteiger partial charge in [0.05, 0.1) is 0 Å². The quantitative estimate of drug-likeness (QED) is 0.433. The Balaban J connectivity index is 1.53. The van der Waals surface area contributed by atoms with Crippen LogP contribution in [-0.4, -0.2) is 20.6 Å². The zero-order chi connectivity index (χ0) is 18.2. The van der Waals surface area contributed by atoms with E-state index in [-0.39, 0.29) is 5.78 Å². The summed E-state index contributed by atoms with van der Waals surface area (Å²) in [6.45, 7) is 0. The van der Waals surface area contributed by atoms with Crippen molar-refractivity contribution in [2.24, 2.45) is 0 Å². The smallest absolute Gasteiger partial charge is 0.163 e. The molecule has 3 rings (SSSR count). The summed E-state index contributed by atoms with van der Waals surface area (Å²) in [5.74, 6) is 0.140. The number of benzene rings is 1. The number of hydrogen-bond acceptors (Lipinski definition) is 4. The first kappa shape index (κ1) is 18.1. The second-order valence-corrected chi connectivity index (χ2v) is 6.64. The number of Topliss-reactive ketones (excluding diaryl/α,β-unsaturated/α-hetero) is 1. The van der Waals surface area contributed by atoms with E-state index in [9.17, 15) is 4.79 Å². The molecule has 0 amide bonds. The standard InChI is InChI=1S/C22H20N2OS/c25-21(11-5-17-3-1-13-23-15-17)19-7-9-20(10-8-19)22(26)12-6-18-4-2-14-24-16-18/h1-4,7-10,13-16H,5-6,11-12H2. The predicted molar refractivity (Wildman–Crippen MR) is 108 cm³/mol. The minimum atomic E-state index is 0.140. The number of hydrogen-bond donors (Lipinski definition) is 0. The molecule has 3 aromatic rings. The molecule has 0 atom stereocenters. The second kappa shape index (κ2) is 9.11. The molecule has 0 fully saturated rings. The van der Waals surface area contributed by atoms with Gasteiger partial charge in [0, 0.05) is 41.6 Å². The van der Waals surface area contributed by atoms with Crippen LogP contribution in [0.5, 0.6) is 0 Å². The van der Waals surface area contributed by atoms with Crippen LogP contribution in [0, 0.1) is 0 Å². The third-order valence-corrected chi connectivity index (χ3v) is 4.70. The largest absolute Gasteiger partial charge is 0.294 e. The maximum Gasteiger partial charge on any atom is 0.163 e. The Morgan fingerprint density at radius 1 is 0.769 bits per heavy atom. The van der Waals surface area contributed by atoms with E-state index >= 15 is 0 Å². The van der Waals surface area contributed by atoms with Gasteiger partial charge in [-0.3, -0.25) is 14.8 Å². The predicted octanol–water partition coefficient (Wildman–Crippen LogP) is 4.64. The maximum atomic E-state index is 12.3. The van der Waals surface area contributed by atoms with Crippen molar-refractivity contribution in [1.29, 1.82) is 0 Å². The molecule has 1 aromatic carbocycles.